The van der Waals surface area contributed by atoms with Gasteiger partial charge in [-0.15, -0.1) is 0 Å². The van der Waals surface area contributed by atoms with Crippen molar-refractivity contribution in [2.75, 3.05) is 7.11 Å². The molecule has 0 radical (unpaired) electrons. The molecule has 0 fully saturated rings. The van der Waals surface area contributed by atoms with Crippen LogP contribution in [0.1, 0.15) is 21.6 Å². The van der Waals surface area contributed by atoms with Crippen molar-refractivity contribution in [2.24, 2.45) is 0 Å². The number of ether oxygens (including phenoxy) is 1. The van der Waals surface area contributed by atoms with Crippen molar-refractivity contribution in [3.63, 3.8) is 0 Å². The lowest BCUT2D eigenvalue weighted by molar-refractivity contribution is 0.112. The summed E-state index contributed by atoms with van der Waals surface area (Å²) in [4.78, 5) is 10.8. The minimum Gasteiger partial charge on any atom is -0.496 e. The van der Waals surface area contributed by atoms with Crippen molar-refractivity contribution in [3.05, 3.63) is 41.2 Å². The first-order chi connectivity index (χ1) is 8.15. The molecular weight excluding hydrogens is 216 g/mol. The maximum Gasteiger partial charge on any atom is 0.153 e. The van der Waals surface area contributed by atoms with Crippen LogP contribution in [0.4, 0.5) is 0 Å². The summed E-state index contributed by atoms with van der Waals surface area (Å²) >= 11 is 0. The minimum absolute atomic E-state index is 0.539. The lowest BCUT2D eigenvalue weighted by Crippen LogP contribution is -1.98. The molecule has 1 heterocycles. The van der Waals surface area contributed by atoms with E-state index in [0.29, 0.717) is 11.3 Å². The zero-order valence-corrected chi connectivity index (χ0v) is 10.1. The molecule has 4 heteroatoms. The van der Waals surface area contributed by atoms with Crippen molar-refractivity contribution < 1.29 is 9.53 Å². The molecule has 0 bridgehead atoms. The Kier molecular flexibility index (Phi) is 2.95. The molecule has 0 amide bonds. The van der Waals surface area contributed by atoms with Gasteiger partial charge in [-0.05, 0) is 31.5 Å². The normalized spacial score (nSPS) is 10.3. The number of methoxy groups -OCH3 is 1. The highest BCUT2D eigenvalue weighted by atomic mass is 16.5. The first-order valence-electron chi connectivity index (χ1n) is 5.32. The lowest BCUT2D eigenvalue weighted by atomic mass is 10.2. The molecule has 0 atom stereocenters. The van der Waals surface area contributed by atoms with Gasteiger partial charge in [-0.1, -0.05) is 0 Å². The second-order valence-corrected chi connectivity index (χ2v) is 3.89. The summed E-state index contributed by atoms with van der Waals surface area (Å²) < 4.78 is 6.94. The first-order valence-corrected chi connectivity index (χ1v) is 5.32. The van der Waals surface area contributed by atoms with Crippen LogP contribution in [0.3, 0.4) is 0 Å². The Balaban J connectivity index is 2.49. The van der Waals surface area contributed by atoms with Gasteiger partial charge >= 0.3 is 0 Å². The summed E-state index contributed by atoms with van der Waals surface area (Å²) in [7, 11) is 1.55. The number of hydrogen-bond donors (Lipinski definition) is 0. The third-order valence-electron chi connectivity index (χ3n) is 2.75. The summed E-state index contributed by atoms with van der Waals surface area (Å²) in [6.45, 7) is 3.97. The van der Waals surface area contributed by atoms with Crippen molar-refractivity contribution in [1.82, 2.24) is 9.78 Å². The highest BCUT2D eigenvalue weighted by Gasteiger charge is 2.07. The molecule has 17 heavy (non-hydrogen) atoms. The fraction of sp³-hybridized carbons (Fsp3) is 0.231. The number of rotatable bonds is 3. The van der Waals surface area contributed by atoms with Crippen LogP contribution in [0.5, 0.6) is 5.75 Å². The minimum atomic E-state index is 0.539. The Morgan fingerprint density at radius 1 is 1.35 bits per heavy atom. The molecule has 0 N–H and O–H groups in total. The van der Waals surface area contributed by atoms with Crippen LogP contribution >= 0.6 is 0 Å². The van der Waals surface area contributed by atoms with E-state index in [0.717, 1.165) is 23.2 Å². The van der Waals surface area contributed by atoms with Crippen LogP contribution in [0.25, 0.3) is 5.69 Å². The number of aromatic nitrogens is 2. The zero-order chi connectivity index (χ0) is 12.4. The lowest BCUT2D eigenvalue weighted by Gasteiger charge is -2.06. The van der Waals surface area contributed by atoms with Crippen LogP contribution in [0, 0.1) is 13.8 Å². The maximum absolute atomic E-state index is 10.8. The van der Waals surface area contributed by atoms with Gasteiger partial charge in [-0.3, -0.25) is 4.79 Å². The van der Waals surface area contributed by atoms with Crippen molar-refractivity contribution >= 4 is 6.29 Å². The van der Waals surface area contributed by atoms with E-state index < -0.39 is 0 Å². The average Bonchev–Trinajstić information content (AvgIpc) is 2.68. The molecule has 0 aliphatic heterocycles. The number of benzene rings is 1. The third-order valence-corrected chi connectivity index (χ3v) is 2.75. The predicted molar refractivity (Wildman–Crippen MR) is 65.0 cm³/mol. The van der Waals surface area contributed by atoms with Gasteiger partial charge in [0.05, 0.1) is 24.1 Å². The second kappa shape index (κ2) is 4.41. The molecule has 0 saturated carbocycles. The number of carbonyl (C=O) groups excluding carboxylic acids is 1. The van der Waals surface area contributed by atoms with E-state index in [2.05, 4.69) is 5.10 Å². The smallest absolute Gasteiger partial charge is 0.153 e. The highest BCUT2D eigenvalue weighted by Crippen LogP contribution is 2.21. The quantitative estimate of drug-likeness (QED) is 0.760. The van der Waals surface area contributed by atoms with E-state index in [1.54, 1.807) is 23.9 Å². The Bertz CT molecular complexity index is 539. The maximum atomic E-state index is 10.8. The molecule has 0 spiro atoms. The summed E-state index contributed by atoms with van der Waals surface area (Å²) in [5, 5.41) is 4.38. The van der Waals surface area contributed by atoms with Crippen LogP contribution in [-0.4, -0.2) is 23.2 Å². The van der Waals surface area contributed by atoms with Gasteiger partial charge in [-0.25, -0.2) is 4.68 Å². The average molecular weight is 230 g/mol. The molecule has 0 aliphatic rings. The van der Waals surface area contributed by atoms with E-state index in [-0.39, 0.29) is 0 Å². The van der Waals surface area contributed by atoms with Gasteiger partial charge in [0.1, 0.15) is 5.75 Å². The van der Waals surface area contributed by atoms with Crippen LogP contribution in [-0.2, 0) is 0 Å². The molecule has 0 aliphatic carbocycles. The topological polar surface area (TPSA) is 44.1 Å². The Morgan fingerprint density at radius 2 is 2.12 bits per heavy atom. The van der Waals surface area contributed by atoms with Crippen molar-refractivity contribution in [2.45, 2.75) is 13.8 Å². The fourth-order valence-electron chi connectivity index (χ4n) is 1.62. The summed E-state index contributed by atoms with van der Waals surface area (Å²) in [5.41, 5.74) is 3.53. The molecule has 88 valence electrons. The molecule has 4 nitrogen and oxygen atoms in total. The molecule has 1 aromatic heterocycles. The van der Waals surface area contributed by atoms with E-state index >= 15 is 0 Å². The number of carbonyl (C=O) groups is 1. The summed E-state index contributed by atoms with van der Waals surface area (Å²) in [5.74, 6) is 0.559. The number of aldehydes is 1. The van der Waals surface area contributed by atoms with Gasteiger partial charge < -0.3 is 4.74 Å². The van der Waals surface area contributed by atoms with Crippen LogP contribution in [0.2, 0.25) is 0 Å². The number of nitrogens with zero attached hydrogens (tertiary/aromatic N) is 2. The summed E-state index contributed by atoms with van der Waals surface area (Å²) in [6, 6.07) is 5.38. The van der Waals surface area contributed by atoms with Gasteiger partial charge in [-0.2, -0.15) is 5.10 Å². The monoisotopic (exact) mass is 230 g/mol. The molecule has 0 unspecified atom stereocenters. The molecular formula is C13H14N2O2. The van der Waals surface area contributed by atoms with Gasteiger partial charge in [0.25, 0.3) is 0 Å². The Hall–Kier alpha value is -2.10. The number of aryl methyl sites for hydroxylation is 2. The van der Waals surface area contributed by atoms with Gasteiger partial charge in [0.2, 0.25) is 0 Å². The highest BCUT2D eigenvalue weighted by molar-refractivity contribution is 5.80. The number of hydrogen-bond acceptors (Lipinski definition) is 3. The fourth-order valence-corrected chi connectivity index (χ4v) is 1.62. The van der Waals surface area contributed by atoms with Gasteiger partial charge in [0, 0.05) is 12.3 Å². The predicted octanol–water partition coefficient (Wildman–Crippen LogP) is 2.31. The summed E-state index contributed by atoms with van der Waals surface area (Å²) in [6.07, 6.45) is 2.73. The van der Waals surface area contributed by atoms with E-state index in [4.69, 9.17) is 4.74 Å². The SMILES string of the molecule is COc1cc(-n2cc(C)c(C)n2)ccc1C=O. The molecule has 2 rings (SSSR count). The standard InChI is InChI=1S/C13H14N2O2/c1-9-7-15(14-10(9)2)12-5-4-11(8-16)13(6-12)17-3/h4-8H,1-3H3. The van der Waals surface area contributed by atoms with Crippen LogP contribution < -0.4 is 4.74 Å². The zero-order valence-electron chi connectivity index (χ0n) is 10.1. The van der Waals surface area contributed by atoms with Crippen molar-refractivity contribution in [3.8, 4) is 11.4 Å². The van der Waals surface area contributed by atoms with Gasteiger partial charge in [0.15, 0.2) is 6.29 Å². The van der Waals surface area contributed by atoms with E-state index in [1.165, 1.54) is 0 Å². The van der Waals surface area contributed by atoms with E-state index in [9.17, 15) is 4.79 Å². The largest absolute Gasteiger partial charge is 0.496 e. The van der Waals surface area contributed by atoms with E-state index in [1.807, 2.05) is 26.1 Å². The van der Waals surface area contributed by atoms with Crippen LogP contribution in [0.15, 0.2) is 24.4 Å². The third kappa shape index (κ3) is 2.06. The Morgan fingerprint density at radius 3 is 2.65 bits per heavy atom. The Labute approximate surface area is 99.8 Å². The van der Waals surface area contributed by atoms with Crippen molar-refractivity contribution in [1.29, 1.82) is 0 Å². The molecule has 1 aromatic carbocycles. The molecule has 2 aromatic rings. The molecule has 0 saturated heterocycles. The second-order valence-electron chi connectivity index (χ2n) is 3.89. The first kappa shape index (κ1) is 11.4.